The van der Waals surface area contributed by atoms with E-state index in [1.165, 1.54) is 11.3 Å². The first-order valence-corrected chi connectivity index (χ1v) is 11.3. The van der Waals surface area contributed by atoms with E-state index in [-0.39, 0.29) is 17.5 Å². The van der Waals surface area contributed by atoms with Gasteiger partial charge in [0.15, 0.2) is 11.7 Å². The quantitative estimate of drug-likeness (QED) is 0.614. The van der Waals surface area contributed by atoms with Crippen LogP contribution in [0.5, 0.6) is 0 Å². The van der Waals surface area contributed by atoms with Crippen LogP contribution in [0.1, 0.15) is 58.9 Å². The Hall–Kier alpha value is -2.58. The fourth-order valence-electron chi connectivity index (χ4n) is 3.31. The van der Waals surface area contributed by atoms with Gasteiger partial charge in [-0.2, -0.15) is 0 Å². The zero-order chi connectivity index (χ0) is 22.1. The monoisotopic (exact) mass is 442 g/mol. The van der Waals surface area contributed by atoms with Crippen LogP contribution in [0.15, 0.2) is 35.0 Å². The van der Waals surface area contributed by atoms with Crippen molar-refractivity contribution < 1.29 is 9.59 Å². The SMILES string of the molecule is Cc1cc(C)cc(N(C(=O)c2csnn2)[C@@H](C(=O)NC(C)(C)C)c2sccc2C)c1. The van der Waals surface area contributed by atoms with Gasteiger partial charge in [0.1, 0.15) is 0 Å². The largest absolute Gasteiger partial charge is 0.349 e. The van der Waals surface area contributed by atoms with E-state index in [1.54, 1.807) is 10.3 Å². The summed E-state index contributed by atoms with van der Waals surface area (Å²) in [6.45, 7) is 11.7. The molecule has 0 saturated heterocycles. The van der Waals surface area contributed by atoms with Crippen LogP contribution in [0.2, 0.25) is 0 Å². The Kier molecular flexibility index (Phi) is 6.38. The van der Waals surface area contributed by atoms with Crippen LogP contribution in [0.4, 0.5) is 5.69 Å². The number of benzene rings is 1. The number of carbonyl (C=O) groups excluding carboxylic acids is 2. The van der Waals surface area contributed by atoms with Crippen LogP contribution < -0.4 is 10.2 Å². The molecule has 0 aliphatic carbocycles. The zero-order valence-corrected chi connectivity index (χ0v) is 19.6. The molecule has 0 fully saturated rings. The van der Waals surface area contributed by atoms with E-state index in [9.17, 15) is 9.59 Å². The number of carbonyl (C=O) groups is 2. The number of amides is 2. The topological polar surface area (TPSA) is 75.2 Å². The molecule has 0 saturated carbocycles. The molecule has 8 heteroatoms. The predicted octanol–water partition coefficient (Wildman–Crippen LogP) is 4.83. The van der Waals surface area contributed by atoms with E-state index in [1.807, 2.05) is 71.2 Å². The van der Waals surface area contributed by atoms with Crippen molar-refractivity contribution in [3.05, 3.63) is 62.3 Å². The number of rotatable bonds is 5. The smallest absolute Gasteiger partial charge is 0.280 e. The Morgan fingerprint density at radius 2 is 1.77 bits per heavy atom. The lowest BCUT2D eigenvalue weighted by atomic mass is 10.0. The lowest BCUT2D eigenvalue weighted by molar-refractivity contribution is -0.123. The molecule has 0 aliphatic heterocycles. The molecule has 1 atom stereocenters. The number of hydrogen-bond donors (Lipinski definition) is 1. The molecular formula is C22H26N4O2S2. The molecule has 2 aromatic heterocycles. The van der Waals surface area contributed by atoms with Gasteiger partial charge in [-0.15, -0.1) is 16.4 Å². The Morgan fingerprint density at radius 1 is 1.10 bits per heavy atom. The molecule has 6 nitrogen and oxygen atoms in total. The van der Waals surface area contributed by atoms with E-state index in [2.05, 4.69) is 14.9 Å². The van der Waals surface area contributed by atoms with Gasteiger partial charge in [0.25, 0.3) is 5.91 Å². The molecule has 0 spiro atoms. The van der Waals surface area contributed by atoms with Crippen LogP contribution in [0.25, 0.3) is 0 Å². The summed E-state index contributed by atoms with van der Waals surface area (Å²) in [6, 6.07) is 7.03. The van der Waals surface area contributed by atoms with Gasteiger partial charge in [-0.25, -0.2) is 0 Å². The normalized spacial score (nSPS) is 12.5. The maximum atomic E-state index is 13.6. The van der Waals surface area contributed by atoms with Gasteiger partial charge in [0, 0.05) is 21.5 Å². The summed E-state index contributed by atoms with van der Waals surface area (Å²) in [4.78, 5) is 29.5. The highest BCUT2D eigenvalue weighted by molar-refractivity contribution is 7.10. The zero-order valence-electron chi connectivity index (χ0n) is 18.0. The maximum Gasteiger partial charge on any atom is 0.280 e. The van der Waals surface area contributed by atoms with E-state index < -0.39 is 11.6 Å². The standard InChI is InChI=1S/C22H26N4O2S2/c1-13-9-14(2)11-16(10-13)26(21(28)17-12-30-25-24-17)18(19-15(3)7-8-29-19)20(27)23-22(4,5)6/h7-12,18H,1-6H3,(H,23,27)/t18-/m1/s1. The van der Waals surface area contributed by atoms with E-state index >= 15 is 0 Å². The van der Waals surface area contributed by atoms with Crippen LogP contribution >= 0.6 is 22.9 Å². The molecule has 0 unspecified atom stereocenters. The van der Waals surface area contributed by atoms with E-state index in [0.717, 1.165) is 33.1 Å². The summed E-state index contributed by atoms with van der Waals surface area (Å²) in [7, 11) is 0. The Balaban J connectivity index is 2.21. The molecule has 1 N–H and O–H groups in total. The minimum absolute atomic E-state index is 0.224. The van der Waals surface area contributed by atoms with Crippen LogP contribution in [-0.4, -0.2) is 26.9 Å². The number of hydrogen-bond acceptors (Lipinski definition) is 6. The minimum Gasteiger partial charge on any atom is -0.349 e. The van der Waals surface area contributed by atoms with Gasteiger partial charge >= 0.3 is 0 Å². The molecule has 0 radical (unpaired) electrons. The fourth-order valence-corrected chi connectivity index (χ4v) is 4.75. The highest BCUT2D eigenvalue weighted by Gasteiger charge is 2.37. The fraction of sp³-hybridized carbons (Fsp3) is 0.364. The summed E-state index contributed by atoms with van der Waals surface area (Å²) >= 11 is 2.58. The third-order valence-corrected chi connectivity index (χ3v) is 6.01. The van der Waals surface area contributed by atoms with Crippen molar-refractivity contribution in [2.75, 3.05) is 4.90 Å². The molecule has 30 heavy (non-hydrogen) atoms. The maximum absolute atomic E-state index is 13.6. The predicted molar refractivity (Wildman–Crippen MR) is 122 cm³/mol. The Bertz CT molecular complexity index is 1030. The summed E-state index contributed by atoms with van der Waals surface area (Å²) in [6.07, 6.45) is 0. The molecule has 3 aromatic rings. The number of thiophene rings is 1. The average molecular weight is 443 g/mol. The minimum atomic E-state index is -0.820. The van der Waals surface area contributed by atoms with E-state index in [4.69, 9.17) is 0 Å². The number of aromatic nitrogens is 2. The Labute approximate surface area is 185 Å². The Morgan fingerprint density at radius 3 is 2.27 bits per heavy atom. The van der Waals surface area contributed by atoms with Crippen LogP contribution in [-0.2, 0) is 4.79 Å². The summed E-state index contributed by atoms with van der Waals surface area (Å²) in [5.74, 6) is -0.584. The number of aryl methyl sites for hydroxylation is 3. The van der Waals surface area contributed by atoms with Crippen molar-refractivity contribution in [2.45, 2.75) is 53.1 Å². The van der Waals surface area contributed by atoms with Gasteiger partial charge in [-0.1, -0.05) is 10.6 Å². The van der Waals surface area contributed by atoms with Crippen molar-refractivity contribution in [1.29, 1.82) is 0 Å². The highest BCUT2D eigenvalue weighted by atomic mass is 32.1. The van der Waals surface area contributed by atoms with Crippen molar-refractivity contribution in [2.24, 2.45) is 0 Å². The van der Waals surface area contributed by atoms with Gasteiger partial charge in [0.2, 0.25) is 5.91 Å². The van der Waals surface area contributed by atoms with Crippen molar-refractivity contribution in [3.63, 3.8) is 0 Å². The second-order valence-corrected chi connectivity index (χ2v) is 9.98. The third-order valence-electron chi connectivity index (χ3n) is 4.44. The van der Waals surface area contributed by atoms with Crippen LogP contribution in [0, 0.1) is 20.8 Å². The van der Waals surface area contributed by atoms with Crippen molar-refractivity contribution in [3.8, 4) is 0 Å². The first-order chi connectivity index (χ1) is 14.1. The molecular weight excluding hydrogens is 416 g/mol. The number of anilines is 1. The van der Waals surface area contributed by atoms with Crippen molar-refractivity contribution >= 4 is 40.4 Å². The molecule has 3 rings (SSSR count). The first-order valence-electron chi connectivity index (χ1n) is 9.62. The van der Waals surface area contributed by atoms with Crippen LogP contribution in [0.3, 0.4) is 0 Å². The average Bonchev–Trinajstić information content (AvgIpc) is 3.28. The molecule has 0 bridgehead atoms. The molecule has 1 aromatic carbocycles. The van der Waals surface area contributed by atoms with Gasteiger partial charge < -0.3 is 5.32 Å². The lowest BCUT2D eigenvalue weighted by Gasteiger charge is -2.33. The summed E-state index contributed by atoms with van der Waals surface area (Å²) in [5, 5.41) is 10.6. The van der Waals surface area contributed by atoms with Crippen molar-refractivity contribution in [1.82, 2.24) is 14.9 Å². The van der Waals surface area contributed by atoms with Gasteiger partial charge in [-0.05, 0) is 93.3 Å². The number of nitrogens with zero attached hydrogens (tertiary/aromatic N) is 3. The second-order valence-electron chi connectivity index (χ2n) is 8.42. The first kappa shape index (κ1) is 22.1. The molecule has 0 aliphatic rings. The number of nitrogens with one attached hydrogen (secondary N) is 1. The second kappa shape index (κ2) is 8.65. The highest BCUT2D eigenvalue weighted by Crippen LogP contribution is 2.35. The molecule has 2 amide bonds. The lowest BCUT2D eigenvalue weighted by Crippen LogP contribution is -2.49. The summed E-state index contributed by atoms with van der Waals surface area (Å²) < 4.78 is 3.84. The van der Waals surface area contributed by atoms with Gasteiger partial charge in [-0.3, -0.25) is 14.5 Å². The molecule has 2 heterocycles. The summed E-state index contributed by atoms with van der Waals surface area (Å²) in [5.41, 5.74) is 3.43. The van der Waals surface area contributed by atoms with E-state index in [0.29, 0.717) is 5.69 Å². The third kappa shape index (κ3) is 4.94. The van der Waals surface area contributed by atoms with Gasteiger partial charge in [0.05, 0.1) is 0 Å². The molecule has 158 valence electrons.